The topological polar surface area (TPSA) is 60.9 Å². The standard InChI is InChI=1S/C11H15N3OS/c1-8-10(14-7-13-8)4-12-5-11(15)9-2-3-16-6-9/h2-3,6-7,11-12,15H,4-5H2,1H3,(H,13,14). The van der Waals surface area contributed by atoms with Crippen LogP contribution in [0.1, 0.15) is 23.1 Å². The minimum absolute atomic E-state index is 0.439. The van der Waals surface area contributed by atoms with Crippen LogP contribution >= 0.6 is 11.3 Å². The van der Waals surface area contributed by atoms with Gasteiger partial charge in [-0.1, -0.05) is 0 Å². The van der Waals surface area contributed by atoms with Crippen molar-refractivity contribution in [3.8, 4) is 0 Å². The van der Waals surface area contributed by atoms with Crippen LogP contribution < -0.4 is 5.32 Å². The third-order valence-electron chi connectivity index (χ3n) is 2.49. The lowest BCUT2D eigenvalue weighted by molar-refractivity contribution is 0.174. The Kier molecular flexibility index (Phi) is 3.71. The van der Waals surface area contributed by atoms with Crippen molar-refractivity contribution in [1.82, 2.24) is 15.3 Å². The molecular formula is C11H15N3OS. The van der Waals surface area contributed by atoms with Crippen LogP contribution in [-0.4, -0.2) is 21.6 Å². The summed E-state index contributed by atoms with van der Waals surface area (Å²) in [6, 6.07) is 1.94. The normalized spacial score (nSPS) is 12.9. The van der Waals surface area contributed by atoms with Gasteiger partial charge in [0, 0.05) is 18.8 Å². The van der Waals surface area contributed by atoms with Gasteiger partial charge in [0.1, 0.15) is 0 Å². The van der Waals surface area contributed by atoms with Gasteiger partial charge in [-0.2, -0.15) is 11.3 Å². The van der Waals surface area contributed by atoms with Crippen LogP contribution in [0, 0.1) is 6.92 Å². The maximum Gasteiger partial charge on any atom is 0.0925 e. The molecule has 0 radical (unpaired) electrons. The number of rotatable bonds is 5. The predicted octanol–water partition coefficient (Wildman–Crippen LogP) is 1.60. The first-order valence-electron chi connectivity index (χ1n) is 5.17. The van der Waals surface area contributed by atoms with E-state index in [0.717, 1.165) is 17.0 Å². The summed E-state index contributed by atoms with van der Waals surface area (Å²) in [5.74, 6) is 0. The van der Waals surface area contributed by atoms with Crippen LogP contribution in [0.4, 0.5) is 0 Å². The number of thiophene rings is 1. The Bertz CT molecular complexity index is 424. The summed E-state index contributed by atoms with van der Waals surface area (Å²) in [6.45, 7) is 3.21. The first kappa shape index (κ1) is 11.3. The molecule has 86 valence electrons. The van der Waals surface area contributed by atoms with Crippen molar-refractivity contribution >= 4 is 11.3 Å². The summed E-state index contributed by atoms with van der Waals surface area (Å²) in [4.78, 5) is 7.20. The van der Waals surface area contributed by atoms with Crippen molar-refractivity contribution in [3.63, 3.8) is 0 Å². The van der Waals surface area contributed by atoms with Crippen LogP contribution in [0.3, 0.4) is 0 Å². The number of aliphatic hydroxyl groups is 1. The third-order valence-corrected chi connectivity index (χ3v) is 3.19. The second-order valence-corrected chi connectivity index (χ2v) is 4.46. The largest absolute Gasteiger partial charge is 0.387 e. The number of aliphatic hydroxyl groups excluding tert-OH is 1. The Morgan fingerprint density at radius 3 is 3.12 bits per heavy atom. The zero-order valence-electron chi connectivity index (χ0n) is 9.10. The molecule has 5 heteroatoms. The van der Waals surface area contributed by atoms with Crippen molar-refractivity contribution in [3.05, 3.63) is 40.1 Å². The number of H-pyrrole nitrogens is 1. The van der Waals surface area contributed by atoms with Crippen LogP contribution in [0.15, 0.2) is 23.2 Å². The minimum Gasteiger partial charge on any atom is -0.387 e. The lowest BCUT2D eigenvalue weighted by atomic mass is 10.2. The molecule has 0 aliphatic carbocycles. The highest BCUT2D eigenvalue weighted by molar-refractivity contribution is 7.07. The minimum atomic E-state index is -0.439. The van der Waals surface area contributed by atoms with Gasteiger partial charge in [0.25, 0.3) is 0 Å². The van der Waals surface area contributed by atoms with Gasteiger partial charge in [0.15, 0.2) is 0 Å². The monoisotopic (exact) mass is 237 g/mol. The van der Waals surface area contributed by atoms with Crippen molar-refractivity contribution in [1.29, 1.82) is 0 Å². The first-order valence-corrected chi connectivity index (χ1v) is 6.11. The number of aromatic nitrogens is 2. The van der Waals surface area contributed by atoms with E-state index in [1.807, 2.05) is 23.8 Å². The van der Waals surface area contributed by atoms with E-state index >= 15 is 0 Å². The van der Waals surface area contributed by atoms with Crippen molar-refractivity contribution < 1.29 is 5.11 Å². The molecule has 1 atom stereocenters. The van der Waals surface area contributed by atoms with Gasteiger partial charge in [-0.25, -0.2) is 4.98 Å². The summed E-state index contributed by atoms with van der Waals surface area (Å²) in [5, 5.41) is 16.9. The second-order valence-electron chi connectivity index (χ2n) is 3.68. The molecule has 2 heterocycles. The van der Waals surface area contributed by atoms with E-state index in [9.17, 15) is 5.11 Å². The fraction of sp³-hybridized carbons (Fsp3) is 0.364. The van der Waals surface area contributed by atoms with E-state index < -0.39 is 6.10 Å². The molecule has 0 spiro atoms. The Morgan fingerprint density at radius 2 is 2.50 bits per heavy atom. The van der Waals surface area contributed by atoms with Crippen LogP contribution in [0.25, 0.3) is 0 Å². The highest BCUT2D eigenvalue weighted by Gasteiger charge is 2.07. The maximum absolute atomic E-state index is 9.82. The highest BCUT2D eigenvalue weighted by atomic mass is 32.1. The SMILES string of the molecule is Cc1[nH]cnc1CNCC(O)c1ccsc1. The van der Waals surface area contributed by atoms with E-state index in [0.29, 0.717) is 13.1 Å². The van der Waals surface area contributed by atoms with Crippen LogP contribution in [0.2, 0.25) is 0 Å². The van der Waals surface area contributed by atoms with E-state index in [-0.39, 0.29) is 0 Å². The lowest BCUT2D eigenvalue weighted by Gasteiger charge is -2.09. The van der Waals surface area contributed by atoms with E-state index in [1.165, 1.54) is 0 Å². The summed E-state index contributed by atoms with van der Waals surface area (Å²) in [7, 11) is 0. The number of hydrogen-bond acceptors (Lipinski definition) is 4. The lowest BCUT2D eigenvalue weighted by Crippen LogP contribution is -2.21. The fourth-order valence-electron chi connectivity index (χ4n) is 1.48. The van der Waals surface area contributed by atoms with Gasteiger partial charge in [-0.3, -0.25) is 0 Å². The van der Waals surface area contributed by atoms with E-state index in [1.54, 1.807) is 17.7 Å². The summed E-state index contributed by atoms with van der Waals surface area (Å²) >= 11 is 1.60. The molecule has 0 fully saturated rings. The van der Waals surface area contributed by atoms with Gasteiger partial charge in [-0.15, -0.1) is 0 Å². The molecule has 16 heavy (non-hydrogen) atoms. The molecule has 0 aliphatic heterocycles. The zero-order valence-corrected chi connectivity index (χ0v) is 9.92. The average Bonchev–Trinajstić information content (AvgIpc) is 2.90. The molecule has 4 nitrogen and oxygen atoms in total. The molecule has 2 rings (SSSR count). The number of nitrogens with zero attached hydrogens (tertiary/aromatic N) is 1. The number of imidazole rings is 1. The average molecular weight is 237 g/mol. The highest BCUT2D eigenvalue weighted by Crippen LogP contribution is 2.15. The van der Waals surface area contributed by atoms with Gasteiger partial charge >= 0.3 is 0 Å². The van der Waals surface area contributed by atoms with E-state index in [2.05, 4.69) is 15.3 Å². The first-order chi connectivity index (χ1) is 7.77. The van der Waals surface area contributed by atoms with Crippen LogP contribution in [0.5, 0.6) is 0 Å². The van der Waals surface area contributed by atoms with Crippen molar-refractivity contribution in [2.45, 2.75) is 19.6 Å². The van der Waals surface area contributed by atoms with Crippen molar-refractivity contribution in [2.75, 3.05) is 6.54 Å². The Labute approximate surface area is 98.4 Å². The second kappa shape index (κ2) is 5.25. The van der Waals surface area contributed by atoms with Crippen LogP contribution in [-0.2, 0) is 6.54 Å². The molecule has 0 aromatic carbocycles. The van der Waals surface area contributed by atoms with Gasteiger partial charge in [-0.05, 0) is 29.3 Å². The smallest absolute Gasteiger partial charge is 0.0925 e. The Morgan fingerprint density at radius 1 is 1.62 bits per heavy atom. The molecule has 2 aromatic rings. The molecule has 0 saturated carbocycles. The van der Waals surface area contributed by atoms with Gasteiger partial charge < -0.3 is 15.4 Å². The third kappa shape index (κ3) is 2.69. The zero-order chi connectivity index (χ0) is 11.4. The molecular weight excluding hydrogens is 222 g/mol. The molecule has 0 bridgehead atoms. The molecule has 0 amide bonds. The molecule has 2 aromatic heterocycles. The van der Waals surface area contributed by atoms with Gasteiger partial charge in [0.05, 0.1) is 18.1 Å². The predicted molar refractivity (Wildman–Crippen MR) is 64.3 cm³/mol. The number of hydrogen-bond donors (Lipinski definition) is 3. The van der Waals surface area contributed by atoms with Crippen molar-refractivity contribution in [2.24, 2.45) is 0 Å². The summed E-state index contributed by atoms with van der Waals surface area (Å²) < 4.78 is 0. The number of aromatic amines is 1. The number of nitrogens with one attached hydrogen (secondary N) is 2. The number of aryl methyl sites for hydroxylation is 1. The molecule has 3 N–H and O–H groups in total. The van der Waals surface area contributed by atoms with E-state index in [4.69, 9.17) is 0 Å². The summed E-state index contributed by atoms with van der Waals surface area (Å²) in [5.41, 5.74) is 3.03. The molecule has 0 saturated heterocycles. The Hall–Kier alpha value is -1.17. The Balaban J connectivity index is 1.78. The fourth-order valence-corrected chi connectivity index (χ4v) is 2.18. The van der Waals surface area contributed by atoms with Gasteiger partial charge in [0.2, 0.25) is 0 Å². The summed E-state index contributed by atoms with van der Waals surface area (Å²) in [6.07, 6.45) is 1.24. The molecule has 1 unspecified atom stereocenters. The quantitative estimate of drug-likeness (QED) is 0.740. The molecule has 0 aliphatic rings. The maximum atomic E-state index is 9.82.